The second kappa shape index (κ2) is 50.1. The van der Waals surface area contributed by atoms with Gasteiger partial charge < -0.3 is 77.2 Å². The third-order valence-corrected chi connectivity index (χ3v) is 13.6. The molecule has 0 fully saturated rings. The van der Waals surface area contributed by atoms with E-state index in [-0.39, 0.29) is 87.9 Å². The van der Waals surface area contributed by atoms with E-state index >= 15 is 0 Å². The maximum atomic E-state index is 12.8. The minimum atomic E-state index is -1.21. The van der Waals surface area contributed by atoms with Crippen LogP contribution in [0.2, 0.25) is 0 Å². The van der Waals surface area contributed by atoms with Crippen LogP contribution in [0, 0.1) is 17.8 Å². The summed E-state index contributed by atoms with van der Waals surface area (Å²) in [5, 5.41) is 144. The highest BCUT2D eigenvalue weighted by atomic mass is 16.4. The van der Waals surface area contributed by atoms with Crippen LogP contribution in [0.3, 0.4) is 0 Å². The van der Waals surface area contributed by atoms with Crippen LogP contribution >= 0.6 is 0 Å². The van der Waals surface area contributed by atoms with Gasteiger partial charge in [0.15, 0.2) is 0 Å². The molecule has 0 aromatic carbocycles. The van der Waals surface area contributed by atoms with Crippen molar-refractivity contribution in [3.63, 3.8) is 0 Å². The third kappa shape index (κ3) is 44.4. The molecule has 0 aliphatic carbocycles. The number of unbranched alkanes of at least 4 members (excludes halogenated alkanes) is 2. The zero-order chi connectivity index (χ0) is 63.1. The molecule has 0 saturated heterocycles. The topological polar surface area (TPSA) is 343 Å². The minimum Gasteiger partial charge on any atom is -0.478 e. The number of allylic oxidation sites excluding steroid dienone is 18. The van der Waals surface area contributed by atoms with Gasteiger partial charge in [0.25, 0.3) is 0 Å². The second-order valence-electron chi connectivity index (χ2n) is 21.6. The molecular formula is C67H105NO16. The number of hydrogen-bond acceptors (Lipinski definition) is 16. The molecule has 0 aromatic rings. The van der Waals surface area contributed by atoms with Crippen molar-refractivity contribution >= 4 is 11.8 Å². The molecule has 0 rings (SSSR count). The van der Waals surface area contributed by atoms with E-state index in [1.807, 2.05) is 55.5 Å². The van der Waals surface area contributed by atoms with Crippen molar-refractivity contribution in [1.82, 2.24) is 0 Å². The fourth-order valence-electron chi connectivity index (χ4n) is 8.35. The Labute approximate surface area is 500 Å². The van der Waals surface area contributed by atoms with E-state index in [0.29, 0.717) is 13.0 Å². The Bertz CT molecular complexity index is 2170. The van der Waals surface area contributed by atoms with Crippen LogP contribution < -0.4 is 5.73 Å². The zero-order valence-electron chi connectivity index (χ0n) is 50.0. The Morgan fingerprint density at radius 1 is 0.429 bits per heavy atom. The van der Waals surface area contributed by atoms with Gasteiger partial charge in [-0.15, -0.1) is 0 Å². The van der Waals surface area contributed by atoms with E-state index in [1.54, 1.807) is 98.9 Å². The molecule has 84 heavy (non-hydrogen) atoms. The standard InChI is InChI=1S/C67H105NO16/c1-49(30-21-17-13-9-6-5-7-10-14-18-22-31-50(2)67(83)84)66(82)52(4)64(80)40-24-20-16-12-8-11-15-19-23-39-63(79)51(3)65(81)48-62(78)47-61(77)45-58(74)38-29-37-57(73)44-60(76)46-59(75)43-56(72)36-28-34-53(69)33-27-35-55(71)42-54(70)32-25-26-41-68/h5-12,14-16,18-24,27-31,33,36,38,40,49,51-64,66,69-80,82H,13,17,25-26,32,34-35,37,39,41-48,68H2,1-4H3,(H,83,84)/b7-5+,9-6+,12-8+,14-10+,15-11+,20-16+,22-18+,23-19+,30-21+,33-27+,36-28+,38-29+,40-24+,50-31+. The predicted octanol–water partition coefficient (Wildman–Crippen LogP) is 6.62. The fraction of sp³-hybridized carbons (Fsp3) is 0.552. The molecule has 0 aliphatic rings. The van der Waals surface area contributed by atoms with Gasteiger partial charge in [-0.25, -0.2) is 4.79 Å². The first-order valence-electron chi connectivity index (χ1n) is 29.6. The van der Waals surface area contributed by atoms with E-state index in [2.05, 4.69) is 0 Å². The maximum Gasteiger partial charge on any atom is 0.331 e. The maximum absolute atomic E-state index is 12.8. The number of nitrogens with two attached hydrogens (primary N) is 1. The summed E-state index contributed by atoms with van der Waals surface area (Å²) in [6, 6.07) is 0. The molecule has 0 radical (unpaired) electrons. The molecule has 0 heterocycles. The molecule has 0 aromatic heterocycles. The Hall–Kier alpha value is -5.06. The van der Waals surface area contributed by atoms with E-state index in [9.17, 15) is 76.0 Å². The van der Waals surface area contributed by atoms with Crippen LogP contribution in [0.25, 0.3) is 0 Å². The molecule has 0 bridgehead atoms. The van der Waals surface area contributed by atoms with Gasteiger partial charge in [0.2, 0.25) is 0 Å². The van der Waals surface area contributed by atoms with Crippen LogP contribution in [-0.4, -0.2) is 169 Å². The molecule has 17 nitrogen and oxygen atoms in total. The zero-order valence-corrected chi connectivity index (χ0v) is 50.0. The summed E-state index contributed by atoms with van der Waals surface area (Å²) in [6.07, 6.45) is 38.0. The minimum absolute atomic E-state index is 0.0531. The van der Waals surface area contributed by atoms with Crippen LogP contribution in [0.4, 0.5) is 0 Å². The number of aliphatic hydroxyl groups excluding tert-OH is 13. The number of aliphatic carboxylic acids is 1. The number of carboxylic acids is 1. The molecule has 16 atom stereocenters. The van der Waals surface area contributed by atoms with E-state index in [0.717, 1.165) is 25.7 Å². The van der Waals surface area contributed by atoms with Crippen LogP contribution in [-0.2, 0) is 9.59 Å². The smallest absolute Gasteiger partial charge is 0.331 e. The predicted molar refractivity (Wildman–Crippen MR) is 334 cm³/mol. The molecule has 16 unspecified atom stereocenters. The Kier molecular flexibility index (Phi) is 47.1. The first kappa shape index (κ1) is 78.9. The molecule has 0 saturated carbocycles. The Balaban J connectivity index is 4.50. The van der Waals surface area contributed by atoms with E-state index in [4.69, 9.17) is 10.8 Å². The lowest BCUT2D eigenvalue weighted by Crippen LogP contribution is -2.32. The first-order chi connectivity index (χ1) is 40.0. The van der Waals surface area contributed by atoms with Crippen molar-refractivity contribution in [2.75, 3.05) is 6.54 Å². The average Bonchev–Trinajstić information content (AvgIpc) is 3.50. The summed E-state index contributed by atoms with van der Waals surface area (Å²) in [6.45, 7) is 7.36. The third-order valence-electron chi connectivity index (χ3n) is 13.6. The summed E-state index contributed by atoms with van der Waals surface area (Å²) < 4.78 is 0. The van der Waals surface area contributed by atoms with Gasteiger partial charge in [0.05, 0.1) is 79.4 Å². The number of aliphatic hydroxyl groups is 13. The van der Waals surface area contributed by atoms with Crippen molar-refractivity contribution in [2.24, 2.45) is 23.5 Å². The van der Waals surface area contributed by atoms with Gasteiger partial charge in [0.1, 0.15) is 5.78 Å². The molecule has 17 heteroatoms. The lowest BCUT2D eigenvalue weighted by Gasteiger charge is -2.25. The number of ketones is 1. The van der Waals surface area contributed by atoms with Crippen molar-refractivity contribution in [2.45, 2.75) is 210 Å². The molecule has 474 valence electrons. The number of hydrogen-bond donors (Lipinski definition) is 15. The SMILES string of the molecule is C\C(=C/C=C/C=C/C=C/C=C/CC/C=C/C(C)C(O)C(C)C(O)/C=C/C=C/C=C/C=C/C=C/CC(O)C(C)C(=O)CC(O)CC(O)CC(O)/C=C/CC(O)CC(O)CC(O)CC(O)/C=C/CC(O)/C=C/CC(O)CC(O)CCCCN)C(=O)O. The summed E-state index contributed by atoms with van der Waals surface area (Å²) in [7, 11) is 0. The van der Waals surface area contributed by atoms with Gasteiger partial charge in [0, 0.05) is 42.6 Å². The van der Waals surface area contributed by atoms with Gasteiger partial charge in [-0.1, -0.05) is 185 Å². The quantitative estimate of drug-likeness (QED) is 0.0132. The number of rotatable bonds is 48. The number of carbonyl (C=O) groups is 2. The molecule has 0 spiro atoms. The van der Waals surface area contributed by atoms with Crippen molar-refractivity contribution in [3.05, 3.63) is 170 Å². The molecular weight excluding hydrogens is 1070 g/mol. The number of carboxylic acid groups (broad SMARTS) is 1. The number of Topliss-reactive ketones (excluding diaryl/α,β-unsaturated/α-hetero) is 1. The average molecular weight is 1180 g/mol. The van der Waals surface area contributed by atoms with Crippen molar-refractivity contribution < 1.29 is 81.1 Å². The summed E-state index contributed by atoms with van der Waals surface area (Å²) >= 11 is 0. The normalized spacial score (nSPS) is 19.4. The Morgan fingerprint density at radius 3 is 1.44 bits per heavy atom. The van der Waals surface area contributed by atoms with E-state index < -0.39 is 97.2 Å². The summed E-state index contributed by atoms with van der Waals surface area (Å²) in [5.41, 5.74) is 5.72. The highest BCUT2D eigenvalue weighted by Crippen LogP contribution is 2.21. The van der Waals surface area contributed by atoms with Gasteiger partial charge >= 0.3 is 5.97 Å². The van der Waals surface area contributed by atoms with Gasteiger partial charge in [-0.2, -0.15) is 0 Å². The Morgan fingerprint density at radius 2 is 0.881 bits per heavy atom. The molecule has 0 amide bonds. The van der Waals surface area contributed by atoms with E-state index in [1.165, 1.54) is 37.3 Å². The highest BCUT2D eigenvalue weighted by Gasteiger charge is 2.26. The highest BCUT2D eigenvalue weighted by molar-refractivity contribution is 5.86. The monoisotopic (exact) mass is 1180 g/mol. The van der Waals surface area contributed by atoms with Gasteiger partial charge in [-0.05, 0) is 96.9 Å². The number of carbonyl (C=O) groups excluding carboxylic acids is 1. The fourth-order valence-corrected chi connectivity index (χ4v) is 8.35. The lowest BCUT2D eigenvalue weighted by molar-refractivity contribution is -0.132. The molecule has 0 aliphatic heterocycles. The molecule has 16 N–H and O–H groups in total. The van der Waals surface area contributed by atoms with Gasteiger partial charge in [-0.3, -0.25) is 4.79 Å². The lowest BCUT2D eigenvalue weighted by atomic mass is 9.88. The van der Waals surface area contributed by atoms with Crippen LogP contribution in [0.1, 0.15) is 130 Å². The van der Waals surface area contributed by atoms with Crippen molar-refractivity contribution in [3.8, 4) is 0 Å². The largest absolute Gasteiger partial charge is 0.478 e. The van der Waals surface area contributed by atoms with Crippen LogP contribution in [0.15, 0.2) is 170 Å². The van der Waals surface area contributed by atoms with Crippen LogP contribution in [0.5, 0.6) is 0 Å². The summed E-state index contributed by atoms with van der Waals surface area (Å²) in [5.74, 6) is -2.66. The van der Waals surface area contributed by atoms with Crippen molar-refractivity contribution in [1.29, 1.82) is 0 Å². The second-order valence-corrected chi connectivity index (χ2v) is 21.6. The first-order valence-corrected chi connectivity index (χ1v) is 29.6. The summed E-state index contributed by atoms with van der Waals surface area (Å²) in [4.78, 5) is 23.6.